The van der Waals surface area contributed by atoms with Crippen LogP contribution < -0.4 is 0 Å². The zero-order valence-corrected chi connectivity index (χ0v) is 4.85. The fourth-order valence-electron chi connectivity index (χ4n) is 0. The van der Waals surface area contributed by atoms with Gasteiger partial charge in [0.15, 0.2) is 0 Å². The van der Waals surface area contributed by atoms with Gasteiger partial charge >= 0.3 is 26.2 Å². The summed E-state index contributed by atoms with van der Waals surface area (Å²) in [7, 11) is 0. The fourth-order valence-corrected chi connectivity index (χ4v) is 0. The maximum absolute atomic E-state index is 7.26. The Morgan fingerprint density at radius 1 is 1.75 bits per heavy atom. The minimum absolute atomic E-state index is 0. The summed E-state index contributed by atoms with van der Waals surface area (Å²) in [6, 6.07) is 0. The summed E-state index contributed by atoms with van der Waals surface area (Å²) in [5.41, 5.74) is 0. The fraction of sp³-hybridized carbons (Fsp3) is 0. The van der Waals surface area contributed by atoms with E-state index in [1.54, 1.807) is 4.97 Å². The van der Waals surface area contributed by atoms with Gasteiger partial charge in [-0.3, -0.25) is 0 Å². The average Bonchev–Trinajstić information content (AvgIpc) is 0.918. The second-order valence-electron chi connectivity index (χ2n) is 0.0913. The van der Waals surface area contributed by atoms with E-state index < -0.39 is 0 Å². The number of hydrogen-bond acceptors (Lipinski definition) is 1. The van der Waals surface area contributed by atoms with Gasteiger partial charge in [-0.25, -0.2) is 0 Å². The van der Waals surface area contributed by atoms with Crippen LogP contribution in [-0.4, -0.2) is 16.0 Å². The van der Waals surface area contributed by atoms with Crippen molar-refractivity contribution in [1.29, 1.82) is 5.26 Å². The number of rotatable bonds is 0. The van der Waals surface area contributed by atoms with Crippen molar-refractivity contribution in [3.8, 4) is 4.97 Å². The molecule has 0 N–H and O–H groups in total. The van der Waals surface area contributed by atoms with Gasteiger partial charge in [0.05, 0.1) is 0 Å². The minimum Gasteiger partial charge on any atom is 0 e. The Labute approximate surface area is 48.7 Å². The van der Waals surface area contributed by atoms with Gasteiger partial charge in [0, 0.05) is 22.4 Å². The van der Waals surface area contributed by atoms with Crippen molar-refractivity contribution in [1.82, 2.24) is 0 Å². The summed E-state index contributed by atoms with van der Waals surface area (Å²) in [6.45, 7) is 0. The number of nitriles is 1. The Balaban J connectivity index is 0. The van der Waals surface area contributed by atoms with E-state index in [1.165, 1.54) is 0 Å². The Bertz CT molecular complexity index is 29.5. The van der Waals surface area contributed by atoms with Gasteiger partial charge in [-0.1, -0.05) is 0 Å². The second-order valence-corrected chi connectivity index (χ2v) is 0.474. The molecule has 0 amide bonds. The van der Waals surface area contributed by atoms with Crippen molar-refractivity contribution >= 4 is 16.0 Å². The molecule has 0 saturated carbocycles. The van der Waals surface area contributed by atoms with E-state index in [0.717, 1.165) is 0 Å². The Kier molecular flexibility index (Phi) is 20.4. The van der Waals surface area contributed by atoms with Crippen LogP contribution in [0.1, 0.15) is 0 Å². The maximum atomic E-state index is 7.26. The van der Waals surface area contributed by atoms with E-state index in [9.17, 15) is 0 Å². The SMILES string of the molecule is N#C[Se].[Ag]. The summed E-state index contributed by atoms with van der Waals surface area (Å²) in [6.07, 6.45) is 0. The van der Waals surface area contributed by atoms with Crippen molar-refractivity contribution in [2.45, 2.75) is 0 Å². The molecule has 3 heteroatoms. The second kappa shape index (κ2) is 9.26. The molecule has 0 saturated heterocycles. The smallest absolute Gasteiger partial charge is 0 e. The molecule has 1 nitrogen and oxygen atoms in total. The summed E-state index contributed by atoms with van der Waals surface area (Å²) in [4.78, 5) is 1.62. The molecule has 0 aliphatic rings. The number of hydrogen-bond donors (Lipinski definition) is 0. The molecule has 0 aromatic rings. The van der Waals surface area contributed by atoms with Crippen LogP contribution in [-0.2, 0) is 22.4 Å². The van der Waals surface area contributed by atoms with Crippen molar-refractivity contribution in [3.63, 3.8) is 0 Å². The van der Waals surface area contributed by atoms with E-state index in [2.05, 4.69) is 16.0 Å². The molecule has 0 aliphatic heterocycles. The molecule has 0 aliphatic carbocycles. The van der Waals surface area contributed by atoms with Crippen molar-refractivity contribution in [2.75, 3.05) is 0 Å². The van der Waals surface area contributed by atoms with E-state index in [4.69, 9.17) is 5.26 Å². The topological polar surface area (TPSA) is 23.8 Å². The number of nitrogens with zero attached hydrogens (tertiary/aromatic N) is 1. The molecule has 0 fully saturated rings. The standard InChI is InChI=1S/CNSe.Ag/c2-1-3;. The molecule has 0 aromatic heterocycles. The van der Waals surface area contributed by atoms with Crippen LogP contribution >= 0.6 is 0 Å². The van der Waals surface area contributed by atoms with Crippen molar-refractivity contribution in [2.24, 2.45) is 0 Å². The summed E-state index contributed by atoms with van der Waals surface area (Å²) < 4.78 is 0. The average molecular weight is 213 g/mol. The monoisotopic (exact) mass is 213 g/mol. The largest absolute Gasteiger partial charge is 0 e. The van der Waals surface area contributed by atoms with Crippen LogP contribution in [0.2, 0.25) is 0 Å². The summed E-state index contributed by atoms with van der Waals surface area (Å²) >= 11 is 2.11. The third-order valence-electron chi connectivity index (χ3n) is 0. The quantitative estimate of drug-likeness (QED) is 0.503. The van der Waals surface area contributed by atoms with Gasteiger partial charge in [-0.2, -0.15) is 0 Å². The normalized spacial score (nSPS) is 1.75. The molecule has 0 atom stereocenters. The molecule has 0 bridgehead atoms. The molecule has 26 valence electrons. The van der Waals surface area contributed by atoms with Gasteiger partial charge in [-0.15, -0.1) is 0 Å². The zero-order valence-electron chi connectivity index (χ0n) is 1.66. The van der Waals surface area contributed by atoms with Gasteiger partial charge in [0.1, 0.15) is 0 Å². The Hall–Kier alpha value is 0.750. The molecule has 4 heavy (non-hydrogen) atoms. The van der Waals surface area contributed by atoms with Gasteiger partial charge in [0.25, 0.3) is 0 Å². The maximum Gasteiger partial charge on any atom is 0 e. The first-order valence-corrected chi connectivity index (χ1v) is 1.28. The molecule has 0 aromatic carbocycles. The first kappa shape index (κ1) is 8.83. The van der Waals surface area contributed by atoms with E-state index in [-0.39, 0.29) is 22.4 Å². The van der Waals surface area contributed by atoms with Crippen LogP contribution in [0.3, 0.4) is 0 Å². The summed E-state index contributed by atoms with van der Waals surface area (Å²) in [5.74, 6) is 0. The van der Waals surface area contributed by atoms with Crippen LogP contribution in [0, 0.1) is 10.2 Å². The van der Waals surface area contributed by atoms with Crippen LogP contribution in [0.4, 0.5) is 0 Å². The van der Waals surface area contributed by atoms with Crippen LogP contribution in [0.25, 0.3) is 0 Å². The molecular weight excluding hydrogens is 213 g/mol. The Morgan fingerprint density at radius 2 is 1.75 bits per heavy atom. The molecule has 0 heterocycles. The van der Waals surface area contributed by atoms with Crippen molar-refractivity contribution < 1.29 is 22.4 Å². The minimum atomic E-state index is 0. The van der Waals surface area contributed by atoms with E-state index in [0.29, 0.717) is 0 Å². The third kappa shape index (κ3) is 15.0. The van der Waals surface area contributed by atoms with Gasteiger partial charge in [-0.05, 0) is 0 Å². The van der Waals surface area contributed by atoms with Crippen LogP contribution in [0.15, 0.2) is 0 Å². The first-order chi connectivity index (χ1) is 1.41. The van der Waals surface area contributed by atoms with Crippen LogP contribution in [0.5, 0.6) is 0 Å². The van der Waals surface area contributed by atoms with E-state index in [1.807, 2.05) is 0 Å². The molecule has 0 spiro atoms. The van der Waals surface area contributed by atoms with Crippen molar-refractivity contribution in [3.05, 3.63) is 0 Å². The van der Waals surface area contributed by atoms with Gasteiger partial charge in [0.2, 0.25) is 0 Å². The molecule has 2 radical (unpaired) electrons. The summed E-state index contributed by atoms with van der Waals surface area (Å²) in [5, 5.41) is 7.26. The Morgan fingerprint density at radius 3 is 1.75 bits per heavy atom. The third-order valence-corrected chi connectivity index (χ3v) is 0. The van der Waals surface area contributed by atoms with Gasteiger partial charge < -0.3 is 0 Å². The predicted octanol–water partition coefficient (Wildman–Crippen LogP) is -0.367. The first-order valence-electron chi connectivity index (χ1n) is 0.428. The molecular formula is CAgNSe. The zero-order chi connectivity index (χ0) is 2.71. The molecule has 0 rings (SSSR count). The molecule has 0 unspecified atom stereocenters. The van der Waals surface area contributed by atoms with E-state index >= 15 is 0 Å². The predicted molar refractivity (Wildman–Crippen MR) is 11.4 cm³/mol.